The minimum absolute atomic E-state index is 0.565. The van der Waals surface area contributed by atoms with E-state index in [2.05, 4.69) is 28.8 Å². The monoisotopic (exact) mass is 242 g/mol. The van der Waals surface area contributed by atoms with Crippen molar-refractivity contribution in [3.05, 3.63) is 35.3 Å². The largest absolute Gasteiger partial charge is 0.383 e. The topological polar surface area (TPSA) is 64.7 Å². The van der Waals surface area contributed by atoms with Gasteiger partial charge in [0.15, 0.2) is 5.82 Å². The van der Waals surface area contributed by atoms with Crippen molar-refractivity contribution < 1.29 is 0 Å². The molecule has 2 heterocycles. The fourth-order valence-electron chi connectivity index (χ4n) is 1.97. The molecular weight excluding hydrogens is 224 g/mol. The highest BCUT2D eigenvalue weighted by Gasteiger charge is 2.11. The van der Waals surface area contributed by atoms with E-state index in [0.717, 1.165) is 35.2 Å². The summed E-state index contributed by atoms with van der Waals surface area (Å²) >= 11 is 0. The Bertz CT molecular complexity index is 564. The van der Waals surface area contributed by atoms with Crippen LogP contribution in [0, 0.1) is 6.92 Å². The van der Waals surface area contributed by atoms with Crippen LogP contribution in [-0.4, -0.2) is 15.0 Å². The molecule has 0 saturated carbocycles. The summed E-state index contributed by atoms with van der Waals surface area (Å²) in [6.45, 7) is 6.13. The number of pyridine rings is 1. The number of anilines is 1. The Balaban J connectivity index is 2.61. The molecular formula is C14H18N4. The Morgan fingerprint density at radius 3 is 2.61 bits per heavy atom. The molecule has 2 aromatic rings. The molecule has 4 heteroatoms. The molecule has 2 aromatic heterocycles. The smallest absolute Gasteiger partial charge is 0.162 e. The first-order valence-electron chi connectivity index (χ1n) is 6.23. The van der Waals surface area contributed by atoms with Crippen LogP contribution in [-0.2, 0) is 12.8 Å². The van der Waals surface area contributed by atoms with Crippen molar-refractivity contribution >= 4 is 5.82 Å². The maximum atomic E-state index is 5.96. The zero-order chi connectivity index (χ0) is 13.1. The van der Waals surface area contributed by atoms with Crippen molar-refractivity contribution in [2.24, 2.45) is 0 Å². The van der Waals surface area contributed by atoms with Gasteiger partial charge in [-0.25, -0.2) is 9.97 Å². The van der Waals surface area contributed by atoms with Crippen LogP contribution in [0.4, 0.5) is 5.82 Å². The molecule has 0 bridgehead atoms. The number of aryl methyl sites for hydroxylation is 2. The van der Waals surface area contributed by atoms with Crippen LogP contribution < -0.4 is 5.73 Å². The Labute approximate surface area is 107 Å². The third-order valence-electron chi connectivity index (χ3n) is 3.14. The zero-order valence-corrected chi connectivity index (χ0v) is 11.1. The van der Waals surface area contributed by atoms with Crippen molar-refractivity contribution in [2.75, 3.05) is 5.73 Å². The van der Waals surface area contributed by atoms with Gasteiger partial charge in [-0.15, -0.1) is 0 Å². The van der Waals surface area contributed by atoms with Crippen LogP contribution in [0.1, 0.15) is 30.7 Å². The normalized spacial score (nSPS) is 10.6. The molecule has 2 rings (SSSR count). The van der Waals surface area contributed by atoms with Gasteiger partial charge in [-0.2, -0.15) is 0 Å². The van der Waals surface area contributed by atoms with Crippen molar-refractivity contribution in [3.8, 4) is 11.4 Å². The minimum atomic E-state index is 0.565. The molecule has 0 aliphatic carbocycles. The molecule has 2 N–H and O–H groups in total. The summed E-state index contributed by atoms with van der Waals surface area (Å²) in [5.74, 6) is 1.27. The maximum absolute atomic E-state index is 5.96. The average molecular weight is 242 g/mol. The summed E-state index contributed by atoms with van der Waals surface area (Å²) in [5, 5.41) is 0. The highest BCUT2D eigenvalue weighted by molar-refractivity contribution is 5.62. The van der Waals surface area contributed by atoms with Gasteiger partial charge in [0.25, 0.3) is 0 Å². The minimum Gasteiger partial charge on any atom is -0.383 e. The lowest BCUT2D eigenvalue weighted by Crippen LogP contribution is -2.05. The second-order valence-electron chi connectivity index (χ2n) is 4.24. The van der Waals surface area contributed by atoms with Crippen LogP contribution in [0.5, 0.6) is 0 Å². The lowest BCUT2D eigenvalue weighted by Gasteiger charge is -2.10. The Morgan fingerprint density at radius 2 is 1.94 bits per heavy atom. The third-order valence-corrected chi connectivity index (χ3v) is 3.14. The lowest BCUT2D eigenvalue weighted by atomic mass is 10.1. The first-order valence-corrected chi connectivity index (χ1v) is 6.23. The summed E-state index contributed by atoms with van der Waals surface area (Å²) in [5.41, 5.74) is 10.1. The van der Waals surface area contributed by atoms with Gasteiger partial charge in [0.1, 0.15) is 5.82 Å². The van der Waals surface area contributed by atoms with E-state index in [0.29, 0.717) is 11.6 Å². The van der Waals surface area contributed by atoms with Crippen LogP contribution in [0.3, 0.4) is 0 Å². The van der Waals surface area contributed by atoms with Gasteiger partial charge in [0.05, 0.1) is 0 Å². The van der Waals surface area contributed by atoms with Gasteiger partial charge in [0, 0.05) is 29.2 Å². The lowest BCUT2D eigenvalue weighted by molar-refractivity contribution is 0.976. The Hall–Kier alpha value is -1.97. The predicted molar refractivity (Wildman–Crippen MR) is 73.2 cm³/mol. The highest BCUT2D eigenvalue weighted by atomic mass is 15.0. The molecule has 0 atom stereocenters. The van der Waals surface area contributed by atoms with E-state index in [1.807, 2.05) is 19.2 Å². The van der Waals surface area contributed by atoms with E-state index in [9.17, 15) is 0 Å². The average Bonchev–Trinajstić information content (AvgIpc) is 2.41. The van der Waals surface area contributed by atoms with E-state index in [1.54, 1.807) is 6.20 Å². The molecule has 94 valence electrons. The summed E-state index contributed by atoms with van der Waals surface area (Å²) in [6, 6.07) is 1.95. The summed E-state index contributed by atoms with van der Waals surface area (Å²) < 4.78 is 0. The maximum Gasteiger partial charge on any atom is 0.162 e. The molecule has 0 aliphatic heterocycles. The highest BCUT2D eigenvalue weighted by Crippen LogP contribution is 2.23. The van der Waals surface area contributed by atoms with Crippen LogP contribution in [0.2, 0.25) is 0 Å². The molecule has 0 saturated heterocycles. The molecule has 0 fully saturated rings. The van der Waals surface area contributed by atoms with E-state index in [1.165, 1.54) is 0 Å². The van der Waals surface area contributed by atoms with Gasteiger partial charge < -0.3 is 5.73 Å². The second kappa shape index (κ2) is 5.12. The van der Waals surface area contributed by atoms with E-state index in [4.69, 9.17) is 5.73 Å². The summed E-state index contributed by atoms with van der Waals surface area (Å²) in [4.78, 5) is 13.1. The van der Waals surface area contributed by atoms with Crippen LogP contribution >= 0.6 is 0 Å². The number of nitrogen functional groups attached to an aromatic ring is 1. The van der Waals surface area contributed by atoms with Crippen molar-refractivity contribution in [3.63, 3.8) is 0 Å². The van der Waals surface area contributed by atoms with Gasteiger partial charge in [-0.1, -0.05) is 13.8 Å². The predicted octanol–water partition coefficient (Wildman–Crippen LogP) is 2.55. The summed E-state index contributed by atoms with van der Waals surface area (Å²) in [6.07, 6.45) is 5.39. The SMILES string of the molecule is CCc1cnccc1-c1nc(N)c(C)c(CC)n1. The number of hydrogen-bond donors (Lipinski definition) is 1. The Morgan fingerprint density at radius 1 is 1.17 bits per heavy atom. The fraction of sp³-hybridized carbons (Fsp3) is 0.357. The van der Waals surface area contributed by atoms with Crippen molar-refractivity contribution in [1.82, 2.24) is 15.0 Å². The molecule has 0 aliphatic rings. The molecule has 4 nitrogen and oxygen atoms in total. The molecule has 18 heavy (non-hydrogen) atoms. The molecule has 0 aromatic carbocycles. The van der Waals surface area contributed by atoms with E-state index >= 15 is 0 Å². The van der Waals surface area contributed by atoms with E-state index in [-0.39, 0.29) is 0 Å². The first-order chi connectivity index (χ1) is 8.67. The third kappa shape index (κ3) is 2.18. The number of nitrogens with zero attached hydrogens (tertiary/aromatic N) is 3. The standard InChI is InChI=1S/C14H18N4/c1-4-10-8-16-7-6-11(10)14-17-12(5-2)9(3)13(15)18-14/h6-8H,4-5H2,1-3H3,(H2,15,17,18). The first kappa shape index (κ1) is 12.5. The van der Waals surface area contributed by atoms with Gasteiger partial charge in [-0.3, -0.25) is 4.98 Å². The molecule has 0 radical (unpaired) electrons. The molecule has 0 amide bonds. The van der Waals surface area contributed by atoms with Gasteiger partial charge in [-0.05, 0) is 31.4 Å². The zero-order valence-electron chi connectivity index (χ0n) is 11.1. The van der Waals surface area contributed by atoms with Crippen LogP contribution in [0.25, 0.3) is 11.4 Å². The molecule has 0 spiro atoms. The van der Waals surface area contributed by atoms with E-state index < -0.39 is 0 Å². The summed E-state index contributed by atoms with van der Waals surface area (Å²) in [7, 11) is 0. The number of aromatic nitrogens is 3. The number of hydrogen-bond acceptors (Lipinski definition) is 4. The van der Waals surface area contributed by atoms with Gasteiger partial charge in [0.2, 0.25) is 0 Å². The quantitative estimate of drug-likeness (QED) is 0.898. The molecule has 0 unspecified atom stereocenters. The van der Waals surface area contributed by atoms with Gasteiger partial charge >= 0.3 is 0 Å². The number of rotatable bonds is 3. The fourth-order valence-corrected chi connectivity index (χ4v) is 1.97. The van der Waals surface area contributed by atoms with Crippen molar-refractivity contribution in [2.45, 2.75) is 33.6 Å². The second-order valence-corrected chi connectivity index (χ2v) is 4.24. The van der Waals surface area contributed by atoms with Crippen LogP contribution in [0.15, 0.2) is 18.5 Å². The van der Waals surface area contributed by atoms with Crippen molar-refractivity contribution in [1.29, 1.82) is 0 Å². The number of nitrogens with two attached hydrogens (primary N) is 1. The Kier molecular flexibility index (Phi) is 3.55.